The molecule has 4 heteroatoms. The molecule has 0 aliphatic rings. The van der Waals surface area contributed by atoms with Gasteiger partial charge < -0.3 is 14.6 Å². The number of hydrogen-bond acceptors (Lipinski definition) is 4. The number of hydrogen-bond donors (Lipinski definition) is 1. The summed E-state index contributed by atoms with van der Waals surface area (Å²) in [6.45, 7) is 5.40. The Morgan fingerprint density at radius 2 is 0.717 bits per heavy atom. The molecule has 0 radical (unpaired) electrons. The van der Waals surface area contributed by atoms with E-state index in [-0.39, 0.29) is 12.6 Å². The maximum atomic E-state index is 12.2. The molecule has 0 bridgehead atoms. The van der Waals surface area contributed by atoms with E-state index in [1.807, 2.05) is 0 Å². The third-order valence-electron chi connectivity index (χ3n) is 9.68. The van der Waals surface area contributed by atoms with Gasteiger partial charge in [-0.05, 0) is 12.8 Å². The van der Waals surface area contributed by atoms with Gasteiger partial charge in [0.15, 0.2) is 0 Å². The first kappa shape index (κ1) is 45.4. The standard InChI is InChI=1S/C42H84O4/c1-3-5-7-9-11-13-15-17-18-19-20-21-22-23-24-25-27-29-31-33-35-37-42(44)46-41(39-43)40-45-38-36-34-32-30-28-26-16-14-12-10-8-6-4-2/h41,43H,3-40H2,1-2H3. The van der Waals surface area contributed by atoms with Crippen LogP contribution in [0, 0.1) is 0 Å². The van der Waals surface area contributed by atoms with Gasteiger partial charge in [-0.1, -0.05) is 219 Å². The Bertz CT molecular complexity index is 566. The SMILES string of the molecule is CCCCCCCCCCCCCCCCCCCCCCCC(=O)OC(CO)COCCCCCCCCCCCCCCC. The predicted octanol–water partition coefficient (Wildman–Crippen LogP) is 13.6. The van der Waals surface area contributed by atoms with E-state index < -0.39 is 6.10 Å². The zero-order valence-electron chi connectivity index (χ0n) is 31.6. The fraction of sp³-hybridized carbons (Fsp3) is 0.976. The summed E-state index contributed by atoms with van der Waals surface area (Å²) in [5.41, 5.74) is 0. The first-order valence-electron chi connectivity index (χ1n) is 21.1. The predicted molar refractivity (Wildman–Crippen MR) is 201 cm³/mol. The molecule has 0 rings (SSSR count). The molecular formula is C42H84O4. The molecule has 0 aliphatic carbocycles. The monoisotopic (exact) mass is 653 g/mol. The van der Waals surface area contributed by atoms with Crippen LogP contribution in [0.15, 0.2) is 0 Å². The Labute approximate surface area is 289 Å². The number of aliphatic hydroxyl groups excluding tert-OH is 1. The highest BCUT2D eigenvalue weighted by Gasteiger charge is 2.13. The molecule has 0 amide bonds. The van der Waals surface area contributed by atoms with Gasteiger partial charge in [0.1, 0.15) is 6.10 Å². The Balaban J connectivity index is 3.34. The van der Waals surface area contributed by atoms with Crippen LogP contribution in [0.25, 0.3) is 0 Å². The summed E-state index contributed by atoms with van der Waals surface area (Å²) in [7, 11) is 0. The average molecular weight is 653 g/mol. The van der Waals surface area contributed by atoms with Gasteiger partial charge in [0, 0.05) is 13.0 Å². The molecule has 0 aromatic carbocycles. The van der Waals surface area contributed by atoms with Crippen molar-refractivity contribution in [3.63, 3.8) is 0 Å². The molecule has 0 fully saturated rings. The molecule has 1 N–H and O–H groups in total. The van der Waals surface area contributed by atoms with Gasteiger partial charge >= 0.3 is 5.97 Å². The average Bonchev–Trinajstić information content (AvgIpc) is 3.06. The van der Waals surface area contributed by atoms with Crippen LogP contribution in [-0.4, -0.2) is 37.0 Å². The molecule has 0 heterocycles. The van der Waals surface area contributed by atoms with E-state index in [0.717, 1.165) is 19.3 Å². The smallest absolute Gasteiger partial charge is 0.306 e. The van der Waals surface area contributed by atoms with Crippen molar-refractivity contribution in [1.29, 1.82) is 0 Å². The molecule has 0 aromatic heterocycles. The Morgan fingerprint density at radius 3 is 1.02 bits per heavy atom. The Morgan fingerprint density at radius 1 is 0.435 bits per heavy atom. The zero-order chi connectivity index (χ0) is 33.4. The number of ether oxygens (including phenoxy) is 2. The van der Waals surface area contributed by atoms with E-state index >= 15 is 0 Å². The van der Waals surface area contributed by atoms with Crippen LogP contribution >= 0.6 is 0 Å². The van der Waals surface area contributed by atoms with Crippen molar-refractivity contribution in [2.75, 3.05) is 19.8 Å². The second kappa shape index (κ2) is 40.6. The van der Waals surface area contributed by atoms with E-state index in [1.54, 1.807) is 0 Å². The van der Waals surface area contributed by atoms with Crippen LogP contribution < -0.4 is 0 Å². The maximum Gasteiger partial charge on any atom is 0.306 e. The maximum absolute atomic E-state index is 12.2. The van der Waals surface area contributed by atoms with Crippen molar-refractivity contribution in [3.8, 4) is 0 Å². The van der Waals surface area contributed by atoms with Crippen molar-refractivity contribution >= 4 is 5.97 Å². The van der Waals surface area contributed by atoms with E-state index in [9.17, 15) is 9.90 Å². The van der Waals surface area contributed by atoms with Crippen LogP contribution in [-0.2, 0) is 14.3 Å². The van der Waals surface area contributed by atoms with Crippen LogP contribution in [0.1, 0.15) is 239 Å². The fourth-order valence-corrected chi connectivity index (χ4v) is 6.51. The van der Waals surface area contributed by atoms with Gasteiger partial charge in [-0.25, -0.2) is 0 Å². The van der Waals surface area contributed by atoms with Crippen LogP contribution in [0.2, 0.25) is 0 Å². The summed E-state index contributed by atoms with van der Waals surface area (Å²) in [6.07, 6.45) is 45.9. The first-order chi connectivity index (χ1) is 22.7. The van der Waals surface area contributed by atoms with Crippen LogP contribution in [0.4, 0.5) is 0 Å². The van der Waals surface area contributed by atoms with Gasteiger partial charge in [0.05, 0.1) is 13.2 Å². The summed E-state index contributed by atoms with van der Waals surface area (Å²) in [5.74, 6) is -0.193. The third-order valence-corrected chi connectivity index (χ3v) is 9.68. The van der Waals surface area contributed by atoms with Crippen LogP contribution in [0.5, 0.6) is 0 Å². The molecular weight excluding hydrogens is 568 g/mol. The second-order valence-electron chi connectivity index (χ2n) is 14.4. The molecule has 0 saturated heterocycles. The minimum Gasteiger partial charge on any atom is -0.457 e. The number of esters is 1. The van der Waals surface area contributed by atoms with Gasteiger partial charge in [0.25, 0.3) is 0 Å². The molecule has 1 atom stereocenters. The topological polar surface area (TPSA) is 55.8 Å². The molecule has 0 aliphatic heterocycles. The summed E-state index contributed by atoms with van der Waals surface area (Å²) >= 11 is 0. The lowest BCUT2D eigenvalue weighted by Crippen LogP contribution is -2.27. The van der Waals surface area contributed by atoms with Crippen molar-refractivity contribution < 1.29 is 19.4 Å². The molecule has 276 valence electrons. The van der Waals surface area contributed by atoms with Crippen molar-refractivity contribution in [2.45, 2.75) is 245 Å². The number of unbranched alkanes of at least 4 members (excludes halogenated alkanes) is 32. The minimum absolute atomic E-state index is 0.163. The number of carbonyl (C=O) groups is 1. The normalized spacial score (nSPS) is 12.2. The molecule has 1 unspecified atom stereocenters. The second-order valence-corrected chi connectivity index (χ2v) is 14.4. The summed E-state index contributed by atoms with van der Waals surface area (Å²) in [6, 6.07) is 0. The minimum atomic E-state index is -0.524. The van der Waals surface area contributed by atoms with E-state index in [4.69, 9.17) is 9.47 Å². The highest BCUT2D eigenvalue weighted by molar-refractivity contribution is 5.69. The van der Waals surface area contributed by atoms with Crippen molar-refractivity contribution in [3.05, 3.63) is 0 Å². The highest BCUT2D eigenvalue weighted by Crippen LogP contribution is 2.16. The quantitative estimate of drug-likeness (QED) is 0.0528. The van der Waals surface area contributed by atoms with E-state index in [0.29, 0.717) is 19.6 Å². The zero-order valence-corrected chi connectivity index (χ0v) is 31.6. The highest BCUT2D eigenvalue weighted by atomic mass is 16.6. The number of carbonyl (C=O) groups excluding carboxylic acids is 1. The van der Waals surface area contributed by atoms with Crippen molar-refractivity contribution in [2.24, 2.45) is 0 Å². The van der Waals surface area contributed by atoms with E-state index in [2.05, 4.69) is 13.8 Å². The molecule has 4 nitrogen and oxygen atoms in total. The molecule has 0 saturated carbocycles. The Kier molecular flexibility index (Phi) is 40.0. The summed E-state index contributed by atoms with van der Waals surface area (Å²) in [5, 5.41) is 9.58. The van der Waals surface area contributed by atoms with Gasteiger partial charge in [0.2, 0.25) is 0 Å². The summed E-state index contributed by atoms with van der Waals surface area (Å²) < 4.78 is 11.1. The Hall–Kier alpha value is -0.610. The number of rotatable bonds is 40. The van der Waals surface area contributed by atoms with Gasteiger partial charge in [-0.15, -0.1) is 0 Å². The number of aliphatic hydroxyl groups is 1. The van der Waals surface area contributed by atoms with Gasteiger partial charge in [-0.2, -0.15) is 0 Å². The largest absolute Gasteiger partial charge is 0.457 e. The van der Waals surface area contributed by atoms with Crippen molar-refractivity contribution in [1.82, 2.24) is 0 Å². The lowest BCUT2D eigenvalue weighted by molar-refractivity contribution is -0.154. The first-order valence-corrected chi connectivity index (χ1v) is 21.1. The molecule has 46 heavy (non-hydrogen) atoms. The van der Waals surface area contributed by atoms with Gasteiger partial charge in [-0.3, -0.25) is 4.79 Å². The fourth-order valence-electron chi connectivity index (χ4n) is 6.51. The van der Waals surface area contributed by atoms with E-state index in [1.165, 1.54) is 199 Å². The molecule has 0 spiro atoms. The lowest BCUT2D eigenvalue weighted by atomic mass is 10.0. The molecule has 0 aromatic rings. The van der Waals surface area contributed by atoms with Crippen LogP contribution in [0.3, 0.4) is 0 Å². The summed E-state index contributed by atoms with van der Waals surface area (Å²) in [4.78, 5) is 12.2. The lowest BCUT2D eigenvalue weighted by Gasteiger charge is -2.16. The third kappa shape index (κ3) is 37.8.